The molecule has 0 bridgehead atoms. The van der Waals surface area contributed by atoms with Crippen molar-refractivity contribution in [3.8, 4) is 0 Å². The fourth-order valence-electron chi connectivity index (χ4n) is 2.05. The van der Waals surface area contributed by atoms with Gasteiger partial charge in [0.25, 0.3) is 0 Å². The average Bonchev–Trinajstić information content (AvgIpc) is 2.88. The van der Waals surface area contributed by atoms with Crippen molar-refractivity contribution in [2.45, 2.75) is 23.5 Å². The number of alkyl halides is 3. The van der Waals surface area contributed by atoms with Crippen LogP contribution in [0.15, 0.2) is 28.0 Å². The molecular formula is C14H9Cl2F3N4OS. The normalized spacial score (nSPS) is 13.4. The molecule has 0 spiro atoms. The molecule has 2 N–H and O–H groups in total. The van der Waals surface area contributed by atoms with Crippen LogP contribution in [-0.4, -0.2) is 15.0 Å². The highest BCUT2D eigenvalue weighted by atomic mass is 35.5. The van der Waals surface area contributed by atoms with Gasteiger partial charge in [-0.05, 0) is 13.0 Å². The molecule has 0 aromatic carbocycles. The molecule has 1 atom stereocenters. The summed E-state index contributed by atoms with van der Waals surface area (Å²) < 4.78 is 43.7. The molecule has 3 aromatic rings. The van der Waals surface area contributed by atoms with Crippen molar-refractivity contribution in [1.29, 1.82) is 0 Å². The number of hydrogen-bond donors (Lipinski definition) is 1. The number of aromatic nitrogens is 3. The van der Waals surface area contributed by atoms with Crippen LogP contribution in [0.5, 0.6) is 0 Å². The first-order valence-corrected chi connectivity index (χ1v) is 8.40. The summed E-state index contributed by atoms with van der Waals surface area (Å²) in [7, 11) is 0. The first-order chi connectivity index (χ1) is 11.6. The maximum atomic E-state index is 12.8. The lowest BCUT2D eigenvalue weighted by Crippen LogP contribution is -2.11. The molecular weight excluding hydrogens is 400 g/mol. The van der Waals surface area contributed by atoms with Gasteiger partial charge < -0.3 is 10.2 Å². The predicted octanol–water partition coefficient (Wildman–Crippen LogP) is 5.38. The molecule has 11 heteroatoms. The lowest BCUT2D eigenvalue weighted by atomic mass is 10.2. The van der Waals surface area contributed by atoms with Crippen LogP contribution in [0.3, 0.4) is 0 Å². The number of nitrogens with two attached hydrogens (primary N) is 1. The van der Waals surface area contributed by atoms with Crippen LogP contribution in [0.25, 0.3) is 11.0 Å². The van der Waals surface area contributed by atoms with Crippen molar-refractivity contribution in [2.75, 3.05) is 5.73 Å². The summed E-state index contributed by atoms with van der Waals surface area (Å²) >= 11 is 13.0. The number of anilines is 1. The van der Waals surface area contributed by atoms with E-state index in [1.54, 1.807) is 13.0 Å². The van der Waals surface area contributed by atoms with Crippen molar-refractivity contribution in [3.05, 3.63) is 40.0 Å². The predicted molar refractivity (Wildman–Crippen MR) is 89.7 cm³/mol. The Morgan fingerprint density at radius 1 is 1.20 bits per heavy atom. The number of hydrogen-bond acceptors (Lipinski definition) is 6. The lowest BCUT2D eigenvalue weighted by Gasteiger charge is -2.12. The standard InChI is InChI=1S/C14H9Cl2F3N4OS/c1-5(8-2-6-7(15)4-24-11(6)12(16)21-8)25-13-22-9(14(17,18)19)3-10(20)23-13/h2-5H,1H3,(H2,20,22,23). The zero-order valence-electron chi connectivity index (χ0n) is 12.4. The molecule has 3 heterocycles. The fourth-order valence-corrected chi connectivity index (χ4v) is 3.35. The molecule has 0 saturated carbocycles. The molecule has 1 unspecified atom stereocenters. The second kappa shape index (κ2) is 6.54. The largest absolute Gasteiger partial charge is 0.459 e. The highest BCUT2D eigenvalue weighted by Gasteiger charge is 2.33. The topological polar surface area (TPSA) is 77.8 Å². The van der Waals surface area contributed by atoms with Gasteiger partial charge in [0.2, 0.25) is 0 Å². The minimum atomic E-state index is -4.61. The number of halogens is 5. The van der Waals surface area contributed by atoms with Gasteiger partial charge in [-0.3, -0.25) is 0 Å². The molecule has 0 saturated heterocycles. The Labute approximate surface area is 153 Å². The van der Waals surface area contributed by atoms with Gasteiger partial charge in [-0.15, -0.1) is 0 Å². The maximum absolute atomic E-state index is 12.8. The molecule has 0 aliphatic heterocycles. The van der Waals surface area contributed by atoms with Crippen molar-refractivity contribution in [3.63, 3.8) is 0 Å². The fraction of sp³-hybridized carbons (Fsp3) is 0.214. The highest BCUT2D eigenvalue weighted by Crippen LogP contribution is 2.38. The molecule has 0 amide bonds. The maximum Gasteiger partial charge on any atom is 0.433 e. The summed E-state index contributed by atoms with van der Waals surface area (Å²) in [6.45, 7) is 1.73. The molecule has 0 fully saturated rings. The summed E-state index contributed by atoms with van der Waals surface area (Å²) in [5, 5.41) is 0.508. The van der Waals surface area contributed by atoms with E-state index in [0.29, 0.717) is 27.8 Å². The molecule has 25 heavy (non-hydrogen) atoms. The van der Waals surface area contributed by atoms with Gasteiger partial charge in [0, 0.05) is 11.5 Å². The van der Waals surface area contributed by atoms with E-state index in [4.69, 9.17) is 33.4 Å². The number of thioether (sulfide) groups is 1. The Balaban J connectivity index is 1.94. The molecule has 0 radical (unpaired) electrons. The van der Waals surface area contributed by atoms with Crippen LogP contribution in [0.1, 0.15) is 23.6 Å². The minimum Gasteiger partial charge on any atom is -0.459 e. The van der Waals surface area contributed by atoms with Crippen LogP contribution < -0.4 is 5.73 Å². The molecule has 5 nitrogen and oxygen atoms in total. The third kappa shape index (κ3) is 3.78. The Morgan fingerprint density at radius 3 is 2.60 bits per heavy atom. The SMILES string of the molecule is CC(Sc1nc(N)cc(C(F)(F)F)n1)c1cc2c(Cl)coc2c(Cl)n1. The number of fused-ring (bicyclic) bond motifs is 1. The zero-order valence-corrected chi connectivity index (χ0v) is 14.8. The van der Waals surface area contributed by atoms with Crippen molar-refractivity contribution in [2.24, 2.45) is 0 Å². The Hall–Kier alpha value is -1.71. The molecule has 132 valence electrons. The Kier molecular flexibility index (Phi) is 4.74. The van der Waals surface area contributed by atoms with E-state index in [9.17, 15) is 13.2 Å². The quantitative estimate of drug-likeness (QED) is 0.356. The molecule has 0 aliphatic rings. The smallest absolute Gasteiger partial charge is 0.433 e. The van der Waals surface area contributed by atoms with Gasteiger partial charge in [0.15, 0.2) is 21.6 Å². The van der Waals surface area contributed by atoms with E-state index in [1.165, 1.54) is 6.26 Å². The van der Waals surface area contributed by atoms with Crippen molar-refractivity contribution in [1.82, 2.24) is 15.0 Å². The molecule has 3 aromatic heterocycles. The third-order valence-electron chi connectivity index (χ3n) is 3.20. The number of rotatable bonds is 3. The Morgan fingerprint density at radius 2 is 1.92 bits per heavy atom. The number of furan rings is 1. The second-order valence-corrected chi connectivity index (χ2v) is 7.09. The van der Waals surface area contributed by atoms with Gasteiger partial charge in [-0.2, -0.15) is 13.2 Å². The van der Waals surface area contributed by atoms with Crippen LogP contribution in [0.4, 0.5) is 19.0 Å². The summed E-state index contributed by atoms with van der Waals surface area (Å²) in [6, 6.07) is 2.34. The number of nitrogen functional groups attached to an aromatic ring is 1. The first kappa shape index (κ1) is 18.1. The first-order valence-electron chi connectivity index (χ1n) is 6.76. The molecule has 0 aliphatic carbocycles. The van der Waals surface area contributed by atoms with E-state index >= 15 is 0 Å². The van der Waals surface area contributed by atoms with Crippen LogP contribution in [0, 0.1) is 0 Å². The highest BCUT2D eigenvalue weighted by molar-refractivity contribution is 7.99. The van der Waals surface area contributed by atoms with E-state index in [2.05, 4.69) is 15.0 Å². The van der Waals surface area contributed by atoms with Gasteiger partial charge >= 0.3 is 6.18 Å². The summed E-state index contributed by atoms with van der Waals surface area (Å²) in [5.41, 5.74) is 5.17. The zero-order chi connectivity index (χ0) is 18.4. The summed E-state index contributed by atoms with van der Waals surface area (Å²) in [6.07, 6.45) is -3.28. The monoisotopic (exact) mass is 408 g/mol. The molecule has 3 rings (SSSR count). The van der Waals surface area contributed by atoms with E-state index < -0.39 is 17.1 Å². The summed E-state index contributed by atoms with van der Waals surface area (Å²) in [4.78, 5) is 11.5. The second-order valence-electron chi connectivity index (χ2n) is 5.02. The summed E-state index contributed by atoms with van der Waals surface area (Å²) in [5.74, 6) is -0.267. The van der Waals surface area contributed by atoms with Gasteiger partial charge in [-0.1, -0.05) is 35.0 Å². The van der Waals surface area contributed by atoms with Crippen LogP contribution >= 0.6 is 35.0 Å². The van der Waals surface area contributed by atoms with Gasteiger partial charge in [0.1, 0.15) is 12.1 Å². The van der Waals surface area contributed by atoms with Gasteiger partial charge in [0.05, 0.1) is 16.0 Å². The van der Waals surface area contributed by atoms with Crippen molar-refractivity contribution >= 4 is 51.8 Å². The van der Waals surface area contributed by atoms with Gasteiger partial charge in [-0.25, -0.2) is 15.0 Å². The van der Waals surface area contributed by atoms with Crippen molar-refractivity contribution < 1.29 is 17.6 Å². The van der Waals surface area contributed by atoms with E-state index in [1.807, 2.05) is 0 Å². The van der Waals surface area contributed by atoms with Crippen LogP contribution in [-0.2, 0) is 6.18 Å². The number of nitrogens with zero attached hydrogens (tertiary/aromatic N) is 3. The van der Waals surface area contributed by atoms with E-state index in [0.717, 1.165) is 11.8 Å². The third-order valence-corrected chi connectivity index (χ3v) is 4.74. The lowest BCUT2D eigenvalue weighted by molar-refractivity contribution is -0.141. The minimum absolute atomic E-state index is 0.108. The number of pyridine rings is 1. The van der Waals surface area contributed by atoms with E-state index in [-0.39, 0.29) is 16.1 Å². The average molecular weight is 409 g/mol. The Bertz CT molecular complexity index is 948. The van der Waals surface area contributed by atoms with Crippen LogP contribution in [0.2, 0.25) is 10.2 Å².